The first kappa shape index (κ1) is 25.5. The predicted octanol–water partition coefficient (Wildman–Crippen LogP) is 1.31. The van der Waals surface area contributed by atoms with E-state index in [4.69, 9.17) is 4.74 Å². The molecule has 0 unspecified atom stereocenters. The maximum Gasteiger partial charge on any atom is 0.242 e. The molecule has 2 amide bonds. The number of anilines is 1. The van der Waals surface area contributed by atoms with Gasteiger partial charge in [-0.3, -0.25) is 9.59 Å². The number of hydrogen-bond donors (Lipinski definition) is 2. The van der Waals surface area contributed by atoms with Crippen molar-refractivity contribution >= 4 is 42.3 Å². The van der Waals surface area contributed by atoms with Gasteiger partial charge in [0.05, 0.1) is 18.6 Å². The summed E-state index contributed by atoms with van der Waals surface area (Å²) < 4.78 is 5.29. The van der Waals surface area contributed by atoms with Crippen molar-refractivity contribution in [3.63, 3.8) is 0 Å². The molecular weight excluding hydrogens is 415 g/mol. The summed E-state index contributed by atoms with van der Waals surface area (Å²) in [5.74, 6) is -0.0836. The van der Waals surface area contributed by atoms with Gasteiger partial charge in [-0.25, -0.2) is 0 Å². The van der Waals surface area contributed by atoms with Crippen molar-refractivity contribution in [1.82, 2.24) is 15.5 Å². The number of methoxy groups -OCH3 is 1. The Morgan fingerprint density at radius 1 is 1.07 bits per heavy atom. The molecule has 2 aliphatic rings. The van der Waals surface area contributed by atoms with Crippen molar-refractivity contribution in [2.24, 2.45) is 5.41 Å². The molecule has 0 radical (unpaired) electrons. The fourth-order valence-electron chi connectivity index (χ4n) is 3.93. The van der Waals surface area contributed by atoms with Crippen LogP contribution in [0.25, 0.3) is 0 Å². The fourth-order valence-corrected chi connectivity index (χ4v) is 3.93. The third-order valence-electron chi connectivity index (χ3n) is 5.62. The Kier molecular flexibility index (Phi) is 10.7. The molecule has 1 aromatic carbocycles. The quantitative estimate of drug-likeness (QED) is 0.688. The number of ether oxygens (including phenoxy) is 1. The second-order valence-corrected chi connectivity index (χ2v) is 7.35. The summed E-state index contributed by atoms with van der Waals surface area (Å²) in [4.78, 5) is 29.4. The van der Waals surface area contributed by atoms with Crippen LogP contribution in [0, 0.1) is 5.41 Å². The van der Waals surface area contributed by atoms with Gasteiger partial charge < -0.3 is 25.2 Å². The monoisotopic (exact) mass is 446 g/mol. The highest BCUT2D eigenvalue weighted by Crippen LogP contribution is 2.29. The molecule has 2 heterocycles. The van der Waals surface area contributed by atoms with Gasteiger partial charge in [0.25, 0.3) is 0 Å². The van der Waals surface area contributed by atoms with Gasteiger partial charge in [-0.1, -0.05) is 18.2 Å². The van der Waals surface area contributed by atoms with Crippen molar-refractivity contribution in [3.8, 4) is 0 Å². The van der Waals surface area contributed by atoms with Gasteiger partial charge in [-0.2, -0.15) is 0 Å². The highest BCUT2D eigenvalue weighted by molar-refractivity contribution is 5.88. The van der Waals surface area contributed by atoms with Gasteiger partial charge in [-0.15, -0.1) is 24.8 Å². The molecule has 7 nitrogen and oxygen atoms in total. The SMILES string of the molecule is COCC1(C(=O)NCC(=O)N2CCN(c3ccccc3)CC2)CCNCC1.Cl.Cl. The predicted molar refractivity (Wildman–Crippen MR) is 119 cm³/mol. The van der Waals surface area contributed by atoms with Crippen LogP contribution in [0.15, 0.2) is 30.3 Å². The Hall–Kier alpha value is -1.54. The number of piperazine rings is 1. The number of piperidine rings is 1. The second kappa shape index (κ2) is 12.2. The molecule has 2 N–H and O–H groups in total. The smallest absolute Gasteiger partial charge is 0.242 e. The van der Waals surface area contributed by atoms with E-state index in [1.807, 2.05) is 23.1 Å². The number of rotatable bonds is 6. The number of nitrogens with one attached hydrogen (secondary N) is 2. The summed E-state index contributed by atoms with van der Waals surface area (Å²) in [5.41, 5.74) is 0.664. The summed E-state index contributed by atoms with van der Waals surface area (Å²) in [6, 6.07) is 10.2. The van der Waals surface area contributed by atoms with Gasteiger partial charge in [-0.05, 0) is 38.1 Å². The normalized spacial score (nSPS) is 18.2. The first-order valence-corrected chi connectivity index (χ1v) is 9.70. The molecule has 2 fully saturated rings. The van der Waals surface area contributed by atoms with E-state index in [2.05, 4.69) is 27.7 Å². The van der Waals surface area contributed by atoms with Crippen molar-refractivity contribution < 1.29 is 14.3 Å². The van der Waals surface area contributed by atoms with Crippen LogP contribution in [0.5, 0.6) is 0 Å². The minimum atomic E-state index is -0.522. The lowest BCUT2D eigenvalue weighted by Crippen LogP contribution is -2.54. The van der Waals surface area contributed by atoms with E-state index in [-0.39, 0.29) is 43.2 Å². The molecule has 0 atom stereocenters. The van der Waals surface area contributed by atoms with E-state index >= 15 is 0 Å². The van der Waals surface area contributed by atoms with Crippen LogP contribution in [-0.2, 0) is 14.3 Å². The molecule has 0 saturated carbocycles. The Morgan fingerprint density at radius 2 is 1.69 bits per heavy atom. The van der Waals surface area contributed by atoms with E-state index in [0.717, 1.165) is 39.0 Å². The number of nitrogens with zero attached hydrogens (tertiary/aromatic N) is 2. The van der Waals surface area contributed by atoms with Gasteiger partial charge in [0.2, 0.25) is 11.8 Å². The Bertz CT molecular complexity index is 628. The van der Waals surface area contributed by atoms with Crippen LogP contribution in [0.3, 0.4) is 0 Å². The lowest BCUT2D eigenvalue weighted by Gasteiger charge is -2.37. The van der Waals surface area contributed by atoms with Crippen molar-refractivity contribution in [3.05, 3.63) is 30.3 Å². The van der Waals surface area contributed by atoms with E-state index < -0.39 is 5.41 Å². The minimum Gasteiger partial charge on any atom is -0.384 e. The number of halogens is 2. The minimum absolute atomic E-state index is 0. The van der Waals surface area contributed by atoms with Crippen molar-refractivity contribution in [2.75, 3.05) is 64.4 Å². The molecule has 0 spiro atoms. The van der Waals surface area contributed by atoms with Gasteiger partial charge in [0.1, 0.15) is 0 Å². The van der Waals surface area contributed by atoms with Crippen LogP contribution in [-0.4, -0.2) is 76.2 Å². The summed E-state index contributed by atoms with van der Waals surface area (Å²) in [7, 11) is 1.62. The van der Waals surface area contributed by atoms with Crippen LogP contribution in [0.1, 0.15) is 12.8 Å². The Balaban J connectivity index is 0.00000210. The third kappa shape index (κ3) is 6.47. The third-order valence-corrected chi connectivity index (χ3v) is 5.62. The molecule has 0 aromatic heterocycles. The first-order chi connectivity index (χ1) is 13.1. The summed E-state index contributed by atoms with van der Waals surface area (Å²) in [6.45, 7) is 5.02. The summed E-state index contributed by atoms with van der Waals surface area (Å²) in [5, 5.41) is 6.14. The second-order valence-electron chi connectivity index (χ2n) is 7.35. The molecule has 29 heavy (non-hydrogen) atoms. The lowest BCUT2D eigenvalue weighted by atomic mass is 9.78. The zero-order valence-electron chi connectivity index (χ0n) is 16.9. The molecular formula is C20H32Cl2N4O3. The standard InChI is InChI=1S/C20H30N4O3.2ClH/c1-27-16-20(7-9-21-10-8-20)19(26)22-15-18(25)24-13-11-23(12-14-24)17-5-3-2-4-6-17;;/h2-6,21H,7-16H2,1H3,(H,22,26);2*1H. The van der Waals surface area contributed by atoms with Crippen LogP contribution in [0.4, 0.5) is 5.69 Å². The Labute approximate surface area is 185 Å². The first-order valence-electron chi connectivity index (χ1n) is 9.70. The molecule has 164 valence electrons. The maximum absolute atomic E-state index is 12.7. The largest absolute Gasteiger partial charge is 0.384 e. The zero-order valence-corrected chi connectivity index (χ0v) is 18.5. The topological polar surface area (TPSA) is 73.9 Å². The lowest BCUT2D eigenvalue weighted by molar-refractivity contribution is -0.139. The molecule has 0 aliphatic carbocycles. The number of para-hydroxylation sites is 1. The average Bonchev–Trinajstić information content (AvgIpc) is 2.73. The molecule has 1 aromatic rings. The number of carbonyl (C=O) groups is 2. The van der Waals surface area contributed by atoms with Crippen molar-refractivity contribution in [2.45, 2.75) is 12.8 Å². The zero-order chi connectivity index (χ0) is 19.1. The fraction of sp³-hybridized carbons (Fsp3) is 0.600. The Morgan fingerprint density at radius 3 is 2.28 bits per heavy atom. The van der Waals surface area contributed by atoms with E-state index in [9.17, 15) is 9.59 Å². The molecule has 9 heteroatoms. The molecule has 3 rings (SSSR count). The van der Waals surface area contributed by atoms with Gasteiger partial charge >= 0.3 is 0 Å². The average molecular weight is 447 g/mol. The maximum atomic E-state index is 12.7. The van der Waals surface area contributed by atoms with Crippen molar-refractivity contribution in [1.29, 1.82) is 0 Å². The number of benzene rings is 1. The van der Waals surface area contributed by atoms with E-state index in [1.165, 1.54) is 5.69 Å². The highest BCUT2D eigenvalue weighted by Gasteiger charge is 2.39. The molecule has 2 saturated heterocycles. The highest BCUT2D eigenvalue weighted by atomic mass is 35.5. The summed E-state index contributed by atoms with van der Waals surface area (Å²) >= 11 is 0. The van der Waals surface area contributed by atoms with Crippen LogP contribution >= 0.6 is 24.8 Å². The number of carbonyl (C=O) groups excluding carboxylic acids is 2. The number of hydrogen-bond acceptors (Lipinski definition) is 5. The summed E-state index contributed by atoms with van der Waals surface area (Å²) in [6.07, 6.45) is 1.47. The van der Waals surface area contributed by atoms with Gasteiger partial charge in [0, 0.05) is 39.0 Å². The van der Waals surface area contributed by atoms with Gasteiger partial charge in [0.15, 0.2) is 0 Å². The number of amides is 2. The van der Waals surface area contributed by atoms with Crippen LogP contribution in [0.2, 0.25) is 0 Å². The van der Waals surface area contributed by atoms with Crippen LogP contribution < -0.4 is 15.5 Å². The van der Waals surface area contributed by atoms with E-state index in [1.54, 1.807) is 7.11 Å². The molecule has 2 aliphatic heterocycles. The van der Waals surface area contributed by atoms with E-state index in [0.29, 0.717) is 19.7 Å². The molecule has 0 bridgehead atoms.